The zero-order valence-corrected chi connectivity index (χ0v) is 12.6. The maximum absolute atomic E-state index is 13.3. The summed E-state index contributed by atoms with van der Waals surface area (Å²) in [4.78, 5) is 0. The third-order valence-corrected chi connectivity index (χ3v) is 3.79. The lowest BCUT2D eigenvalue weighted by Gasteiger charge is -2.17. The van der Waals surface area contributed by atoms with Crippen molar-refractivity contribution >= 4 is 11.6 Å². The van der Waals surface area contributed by atoms with Crippen LogP contribution in [-0.2, 0) is 12.8 Å². The summed E-state index contributed by atoms with van der Waals surface area (Å²) in [6.45, 7) is 0.753. The fraction of sp³-hybridized carbons (Fsp3) is 0.294. The molecule has 112 valence electrons. The van der Waals surface area contributed by atoms with Crippen molar-refractivity contribution in [2.75, 3.05) is 13.6 Å². The molecule has 0 radical (unpaired) electrons. The van der Waals surface area contributed by atoms with E-state index in [4.69, 9.17) is 11.6 Å². The molecule has 2 rings (SSSR count). The Morgan fingerprint density at radius 2 is 1.81 bits per heavy atom. The number of halogens is 3. The largest absolute Gasteiger partial charge is 0.319 e. The first kappa shape index (κ1) is 15.9. The Morgan fingerprint density at radius 1 is 1.05 bits per heavy atom. The highest BCUT2D eigenvalue weighted by Gasteiger charge is 2.13. The van der Waals surface area contributed by atoms with Crippen LogP contribution in [0.25, 0.3) is 0 Å². The van der Waals surface area contributed by atoms with Crippen molar-refractivity contribution in [3.63, 3.8) is 0 Å². The third kappa shape index (κ3) is 4.80. The number of rotatable bonds is 6. The second-order valence-electron chi connectivity index (χ2n) is 5.20. The van der Waals surface area contributed by atoms with E-state index in [1.807, 2.05) is 13.1 Å². The van der Waals surface area contributed by atoms with Gasteiger partial charge in [-0.15, -0.1) is 0 Å². The summed E-state index contributed by atoms with van der Waals surface area (Å²) < 4.78 is 26.6. The van der Waals surface area contributed by atoms with Crippen molar-refractivity contribution in [3.05, 3.63) is 70.2 Å². The predicted octanol–water partition coefficient (Wildman–Crippen LogP) is 4.24. The third-order valence-electron chi connectivity index (χ3n) is 3.42. The summed E-state index contributed by atoms with van der Waals surface area (Å²) in [5.41, 5.74) is 1.72. The normalized spacial score (nSPS) is 12.4. The molecule has 1 atom stereocenters. The molecule has 0 saturated carbocycles. The molecule has 0 aliphatic heterocycles. The quantitative estimate of drug-likeness (QED) is 0.841. The lowest BCUT2D eigenvalue weighted by atomic mass is 9.92. The Kier molecular flexibility index (Phi) is 5.71. The smallest absolute Gasteiger partial charge is 0.123 e. The van der Waals surface area contributed by atoms with Gasteiger partial charge in [-0.1, -0.05) is 23.7 Å². The van der Waals surface area contributed by atoms with Gasteiger partial charge in [-0.2, -0.15) is 0 Å². The molecule has 1 nitrogen and oxygen atoms in total. The molecule has 0 aliphatic rings. The SMILES string of the molecule is CNCC(Cc1cccc(F)c1)Cc1cc(F)ccc1Cl. The van der Waals surface area contributed by atoms with Crippen LogP contribution < -0.4 is 5.32 Å². The summed E-state index contributed by atoms with van der Waals surface area (Å²) in [6.07, 6.45) is 1.36. The zero-order valence-electron chi connectivity index (χ0n) is 11.9. The Labute approximate surface area is 128 Å². The van der Waals surface area contributed by atoms with Gasteiger partial charge in [0.1, 0.15) is 11.6 Å². The van der Waals surface area contributed by atoms with Crippen molar-refractivity contribution in [3.8, 4) is 0 Å². The molecular formula is C17H18ClF2N. The average Bonchev–Trinajstić information content (AvgIpc) is 2.43. The molecule has 2 aromatic rings. The van der Waals surface area contributed by atoms with Crippen LogP contribution in [0.5, 0.6) is 0 Å². The van der Waals surface area contributed by atoms with E-state index in [0.717, 1.165) is 17.7 Å². The van der Waals surface area contributed by atoms with E-state index in [1.165, 1.54) is 24.3 Å². The first-order chi connectivity index (χ1) is 10.1. The standard InChI is InChI=1S/C17H18ClF2N/c1-21-11-13(7-12-3-2-4-15(19)9-12)8-14-10-16(20)5-6-17(14)18/h2-6,9-10,13,21H,7-8,11H2,1H3. The zero-order chi connectivity index (χ0) is 15.2. The molecular weight excluding hydrogens is 292 g/mol. The van der Waals surface area contributed by atoms with Crippen LogP contribution in [0.2, 0.25) is 5.02 Å². The number of hydrogen-bond acceptors (Lipinski definition) is 1. The summed E-state index contributed by atoms with van der Waals surface area (Å²) in [6, 6.07) is 11.0. The van der Waals surface area contributed by atoms with E-state index in [-0.39, 0.29) is 17.6 Å². The van der Waals surface area contributed by atoms with Gasteiger partial charge in [0, 0.05) is 5.02 Å². The first-order valence-corrected chi connectivity index (χ1v) is 7.29. The fourth-order valence-electron chi connectivity index (χ4n) is 2.51. The summed E-state index contributed by atoms with van der Waals surface area (Å²) in [5.74, 6) is -0.307. The Morgan fingerprint density at radius 3 is 2.52 bits per heavy atom. The maximum atomic E-state index is 13.3. The van der Waals surface area contributed by atoms with Crippen molar-refractivity contribution in [2.45, 2.75) is 12.8 Å². The summed E-state index contributed by atoms with van der Waals surface area (Å²) >= 11 is 6.12. The Bertz CT molecular complexity index is 601. The second kappa shape index (κ2) is 7.53. The van der Waals surface area contributed by atoms with Gasteiger partial charge in [0.05, 0.1) is 0 Å². The topological polar surface area (TPSA) is 12.0 Å². The van der Waals surface area contributed by atoms with E-state index in [0.29, 0.717) is 17.9 Å². The molecule has 0 heterocycles. The molecule has 0 fully saturated rings. The summed E-state index contributed by atoms with van der Waals surface area (Å²) in [7, 11) is 1.87. The van der Waals surface area contributed by atoms with Crippen LogP contribution in [0, 0.1) is 17.6 Å². The molecule has 2 aromatic carbocycles. The van der Waals surface area contributed by atoms with Gasteiger partial charge in [0.2, 0.25) is 0 Å². The van der Waals surface area contributed by atoms with Crippen LogP contribution in [0.3, 0.4) is 0 Å². The van der Waals surface area contributed by atoms with E-state index in [1.54, 1.807) is 12.1 Å². The van der Waals surface area contributed by atoms with E-state index in [2.05, 4.69) is 5.32 Å². The van der Waals surface area contributed by atoms with Crippen molar-refractivity contribution in [1.82, 2.24) is 5.32 Å². The number of benzene rings is 2. The van der Waals surface area contributed by atoms with E-state index >= 15 is 0 Å². The molecule has 0 bridgehead atoms. The number of nitrogens with one attached hydrogen (secondary N) is 1. The van der Waals surface area contributed by atoms with Gasteiger partial charge < -0.3 is 5.32 Å². The molecule has 0 saturated heterocycles. The minimum Gasteiger partial charge on any atom is -0.319 e. The number of hydrogen-bond donors (Lipinski definition) is 1. The molecule has 0 aromatic heterocycles. The van der Waals surface area contributed by atoms with Gasteiger partial charge in [-0.25, -0.2) is 8.78 Å². The summed E-state index contributed by atoms with van der Waals surface area (Å²) in [5, 5.41) is 3.69. The molecule has 0 spiro atoms. The van der Waals surface area contributed by atoms with Crippen molar-refractivity contribution in [1.29, 1.82) is 0 Å². The van der Waals surface area contributed by atoms with Gasteiger partial charge in [0.15, 0.2) is 0 Å². The van der Waals surface area contributed by atoms with E-state index in [9.17, 15) is 8.78 Å². The van der Waals surface area contributed by atoms with Crippen LogP contribution in [0.1, 0.15) is 11.1 Å². The monoisotopic (exact) mass is 309 g/mol. The lowest BCUT2D eigenvalue weighted by molar-refractivity contribution is 0.490. The van der Waals surface area contributed by atoms with Crippen LogP contribution in [-0.4, -0.2) is 13.6 Å². The first-order valence-electron chi connectivity index (χ1n) is 6.91. The average molecular weight is 310 g/mol. The van der Waals surface area contributed by atoms with Crippen molar-refractivity contribution < 1.29 is 8.78 Å². The highest BCUT2D eigenvalue weighted by Crippen LogP contribution is 2.22. The van der Waals surface area contributed by atoms with Crippen LogP contribution in [0.4, 0.5) is 8.78 Å². The molecule has 0 amide bonds. The Balaban J connectivity index is 2.13. The minimum atomic E-state index is -0.289. The van der Waals surface area contributed by atoms with Crippen LogP contribution in [0.15, 0.2) is 42.5 Å². The highest BCUT2D eigenvalue weighted by molar-refractivity contribution is 6.31. The Hall–Kier alpha value is -1.45. The second-order valence-corrected chi connectivity index (χ2v) is 5.60. The van der Waals surface area contributed by atoms with Crippen molar-refractivity contribution in [2.24, 2.45) is 5.92 Å². The molecule has 4 heteroatoms. The van der Waals surface area contributed by atoms with Crippen LogP contribution >= 0.6 is 11.6 Å². The molecule has 0 aliphatic carbocycles. The van der Waals surface area contributed by atoms with Gasteiger partial charge in [-0.05, 0) is 73.8 Å². The molecule has 1 N–H and O–H groups in total. The molecule has 21 heavy (non-hydrogen) atoms. The van der Waals surface area contributed by atoms with E-state index < -0.39 is 0 Å². The maximum Gasteiger partial charge on any atom is 0.123 e. The molecule has 1 unspecified atom stereocenters. The van der Waals surface area contributed by atoms with Gasteiger partial charge in [0.25, 0.3) is 0 Å². The lowest BCUT2D eigenvalue weighted by Crippen LogP contribution is -2.23. The van der Waals surface area contributed by atoms with Gasteiger partial charge in [-0.3, -0.25) is 0 Å². The minimum absolute atomic E-state index is 0.219. The fourth-order valence-corrected chi connectivity index (χ4v) is 2.71. The predicted molar refractivity (Wildman–Crippen MR) is 82.6 cm³/mol. The highest BCUT2D eigenvalue weighted by atomic mass is 35.5. The van der Waals surface area contributed by atoms with Gasteiger partial charge >= 0.3 is 0 Å².